The average Bonchev–Trinajstić information content (AvgIpc) is 3.07. The van der Waals surface area contributed by atoms with Gasteiger partial charge in [0, 0.05) is 23.9 Å². The van der Waals surface area contributed by atoms with Gasteiger partial charge in [-0.2, -0.15) is 10.1 Å². The quantitative estimate of drug-likeness (QED) is 0.566. The molecule has 0 spiro atoms. The minimum Gasteiger partial charge on any atom is -0.464 e. The van der Waals surface area contributed by atoms with Crippen LogP contribution in [0.5, 0.6) is 0 Å². The van der Waals surface area contributed by atoms with Crippen molar-refractivity contribution in [1.29, 1.82) is 0 Å². The molecule has 2 aromatic heterocycles. The molecule has 0 radical (unpaired) electrons. The molecule has 4 aliphatic rings. The van der Waals surface area contributed by atoms with Gasteiger partial charge in [0.2, 0.25) is 5.95 Å². The van der Waals surface area contributed by atoms with Gasteiger partial charge in [-0.3, -0.25) is 5.10 Å². The van der Waals surface area contributed by atoms with Crippen LogP contribution in [0.3, 0.4) is 0 Å². The summed E-state index contributed by atoms with van der Waals surface area (Å²) in [5.74, 6) is 2.39. The molecule has 29 heavy (non-hydrogen) atoms. The third-order valence-electron chi connectivity index (χ3n) is 6.62. The number of aromatic amines is 1. The van der Waals surface area contributed by atoms with Crippen LogP contribution >= 0.6 is 0 Å². The molecule has 9 nitrogen and oxygen atoms in total. The van der Waals surface area contributed by atoms with E-state index in [9.17, 15) is 9.90 Å². The van der Waals surface area contributed by atoms with Gasteiger partial charge in [0.1, 0.15) is 5.82 Å². The molecule has 4 saturated carbocycles. The number of carbonyl (C=O) groups excluding carboxylic acids is 1. The Morgan fingerprint density at radius 3 is 2.59 bits per heavy atom. The fourth-order valence-electron chi connectivity index (χ4n) is 5.76. The number of nitrogens with one attached hydrogen (secondary N) is 3. The zero-order chi connectivity index (χ0) is 20.2. The number of aliphatic hydroxyl groups is 1. The van der Waals surface area contributed by atoms with Crippen LogP contribution in [0, 0.1) is 24.7 Å². The molecule has 9 heteroatoms. The molecule has 0 aromatic carbocycles. The monoisotopic (exact) mass is 398 g/mol. The molecule has 0 aliphatic heterocycles. The van der Waals surface area contributed by atoms with Gasteiger partial charge in [0.05, 0.1) is 12.7 Å². The highest BCUT2D eigenvalue weighted by atomic mass is 16.5. The maximum absolute atomic E-state index is 12.1. The van der Waals surface area contributed by atoms with Crippen molar-refractivity contribution in [1.82, 2.24) is 20.2 Å². The van der Waals surface area contributed by atoms with Crippen LogP contribution in [0.1, 0.15) is 48.3 Å². The number of esters is 1. The molecular formula is C20H26N6O3. The van der Waals surface area contributed by atoms with E-state index in [0.29, 0.717) is 35.3 Å². The van der Waals surface area contributed by atoms with E-state index in [1.165, 1.54) is 7.11 Å². The number of aromatic nitrogens is 4. The first-order chi connectivity index (χ1) is 13.9. The number of anilines is 3. The molecule has 2 aromatic rings. The zero-order valence-corrected chi connectivity index (χ0v) is 16.6. The number of hydrogen-bond acceptors (Lipinski definition) is 8. The highest BCUT2D eigenvalue weighted by Crippen LogP contribution is 2.56. The van der Waals surface area contributed by atoms with Crippen LogP contribution in [-0.2, 0) is 4.74 Å². The van der Waals surface area contributed by atoms with Crippen molar-refractivity contribution in [3.05, 3.63) is 23.5 Å². The number of methoxy groups -OCH3 is 1. The van der Waals surface area contributed by atoms with Gasteiger partial charge in [-0.05, 0) is 56.8 Å². The van der Waals surface area contributed by atoms with Gasteiger partial charge in [-0.1, -0.05) is 0 Å². The summed E-state index contributed by atoms with van der Waals surface area (Å²) in [6.45, 7) is 1.91. The summed E-state index contributed by atoms with van der Waals surface area (Å²) in [7, 11) is 1.33. The number of hydrogen-bond donors (Lipinski definition) is 4. The molecule has 154 valence electrons. The van der Waals surface area contributed by atoms with Crippen molar-refractivity contribution in [3.63, 3.8) is 0 Å². The summed E-state index contributed by atoms with van der Waals surface area (Å²) in [6.07, 6.45) is 4.85. The Labute approximate surface area is 168 Å². The number of ether oxygens (including phenoxy) is 1. The summed E-state index contributed by atoms with van der Waals surface area (Å²) in [5.41, 5.74) is 0.607. The molecule has 4 fully saturated rings. The average molecular weight is 398 g/mol. The Kier molecular flexibility index (Phi) is 4.23. The Balaban J connectivity index is 1.41. The lowest BCUT2D eigenvalue weighted by Crippen LogP contribution is -2.59. The van der Waals surface area contributed by atoms with Crippen LogP contribution in [-0.4, -0.2) is 50.0 Å². The van der Waals surface area contributed by atoms with Gasteiger partial charge in [-0.15, -0.1) is 0 Å². The Morgan fingerprint density at radius 2 is 1.97 bits per heavy atom. The Bertz CT molecular complexity index is 928. The zero-order valence-electron chi connectivity index (χ0n) is 16.6. The molecule has 2 atom stereocenters. The van der Waals surface area contributed by atoms with E-state index in [-0.39, 0.29) is 11.7 Å². The highest BCUT2D eigenvalue weighted by molar-refractivity contribution is 5.88. The van der Waals surface area contributed by atoms with Crippen molar-refractivity contribution in [2.75, 3.05) is 17.7 Å². The van der Waals surface area contributed by atoms with Gasteiger partial charge in [-0.25, -0.2) is 9.78 Å². The van der Waals surface area contributed by atoms with Crippen molar-refractivity contribution in [2.24, 2.45) is 17.8 Å². The SMILES string of the molecule is COC(=O)c1cc(Nc2cc(C)[nH]n2)nc(NC2C3CC4CC2CC(O)(C4)C3)n1. The van der Waals surface area contributed by atoms with Crippen LogP contribution in [0.15, 0.2) is 12.1 Å². The number of aryl methyl sites for hydroxylation is 1. The minimum atomic E-state index is -0.517. The smallest absolute Gasteiger partial charge is 0.356 e. The van der Waals surface area contributed by atoms with Crippen LogP contribution in [0.25, 0.3) is 0 Å². The standard InChI is InChI=1S/C20H26N6O3/c1-10-3-16(26-25-10)22-15-6-14(18(27)29-2)21-19(23-15)24-17-12-4-11-5-13(17)9-20(28,7-11)8-12/h3,6,11-13,17,28H,4-5,7-9H2,1-2H3,(H3,21,22,23,24,25,26). The topological polar surface area (TPSA) is 125 Å². The highest BCUT2D eigenvalue weighted by Gasteiger charge is 2.54. The summed E-state index contributed by atoms with van der Waals surface area (Å²) >= 11 is 0. The summed E-state index contributed by atoms with van der Waals surface area (Å²) in [6, 6.07) is 3.62. The largest absolute Gasteiger partial charge is 0.464 e. The molecule has 4 N–H and O–H groups in total. The first-order valence-corrected chi connectivity index (χ1v) is 10.2. The van der Waals surface area contributed by atoms with Gasteiger partial charge < -0.3 is 20.5 Å². The predicted molar refractivity (Wildman–Crippen MR) is 106 cm³/mol. The van der Waals surface area contributed by atoms with Gasteiger partial charge in [0.15, 0.2) is 11.5 Å². The second-order valence-corrected chi connectivity index (χ2v) is 8.88. The van der Waals surface area contributed by atoms with E-state index in [0.717, 1.165) is 37.8 Å². The van der Waals surface area contributed by atoms with E-state index in [2.05, 4.69) is 30.8 Å². The Hall–Kier alpha value is -2.68. The predicted octanol–water partition coefficient (Wildman–Crippen LogP) is 2.39. The number of carbonyl (C=O) groups is 1. The van der Waals surface area contributed by atoms with Gasteiger partial charge in [0.25, 0.3) is 0 Å². The third-order valence-corrected chi connectivity index (χ3v) is 6.62. The van der Waals surface area contributed by atoms with Crippen LogP contribution in [0.4, 0.5) is 17.6 Å². The first kappa shape index (κ1) is 18.4. The lowest BCUT2D eigenvalue weighted by molar-refractivity contribution is -0.129. The second-order valence-electron chi connectivity index (χ2n) is 8.88. The molecule has 0 amide bonds. The van der Waals surface area contributed by atoms with Crippen molar-refractivity contribution in [2.45, 2.75) is 50.7 Å². The maximum Gasteiger partial charge on any atom is 0.356 e. The first-order valence-electron chi connectivity index (χ1n) is 10.2. The molecule has 6 rings (SSSR count). The van der Waals surface area contributed by atoms with Crippen molar-refractivity contribution in [3.8, 4) is 0 Å². The van der Waals surface area contributed by atoms with E-state index >= 15 is 0 Å². The van der Waals surface area contributed by atoms with Crippen molar-refractivity contribution < 1.29 is 14.6 Å². The molecular weight excluding hydrogens is 372 g/mol. The second kappa shape index (κ2) is 6.69. The van der Waals surface area contributed by atoms with Crippen molar-refractivity contribution >= 4 is 23.6 Å². The van der Waals surface area contributed by atoms with E-state index in [1.54, 1.807) is 6.07 Å². The summed E-state index contributed by atoms with van der Waals surface area (Å²) < 4.78 is 4.86. The normalized spacial score (nSPS) is 32.2. The Morgan fingerprint density at radius 1 is 1.21 bits per heavy atom. The van der Waals surface area contributed by atoms with E-state index in [1.807, 2.05) is 13.0 Å². The molecule has 2 unspecified atom stereocenters. The fraction of sp³-hybridized carbons (Fsp3) is 0.600. The molecule has 0 saturated heterocycles. The molecule has 2 heterocycles. The maximum atomic E-state index is 12.1. The van der Waals surface area contributed by atoms with E-state index < -0.39 is 11.6 Å². The minimum absolute atomic E-state index is 0.183. The lowest BCUT2D eigenvalue weighted by atomic mass is 9.52. The number of nitrogens with zero attached hydrogens (tertiary/aromatic N) is 3. The molecule has 4 bridgehead atoms. The van der Waals surface area contributed by atoms with Crippen LogP contribution < -0.4 is 10.6 Å². The van der Waals surface area contributed by atoms with Crippen LogP contribution in [0.2, 0.25) is 0 Å². The number of H-pyrrole nitrogens is 1. The number of rotatable bonds is 5. The summed E-state index contributed by atoms with van der Waals surface area (Å²) in [4.78, 5) is 21.1. The van der Waals surface area contributed by atoms with E-state index in [4.69, 9.17) is 4.74 Å². The lowest BCUT2D eigenvalue weighted by Gasteiger charge is -2.58. The van der Waals surface area contributed by atoms with Gasteiger partial charge >= 0.3 is 5.97 Å². The summed E-state index contributed by atoms with van der Waals surface area (Å²) in [5, 5.41) is 24.4. The third kappa shape index (κ3) is 3.43. The molecule has 4 aliphatic carbocycles. The fourth-order valence-corrected chi connectivity index (χ4v) is 5.76.